The van der Waals surface area contributed by atoms with Crippen molar-refractivity contribution >= 4 is 33.0 Å². The molecule has 1 aliphatic rings. The maximum Gasteiger partial charge on any atom is 0.187 e. The fourth-order valence-electron chi connectivity index (χ4n) is 2.28. The zero-order valence-corrected chi connectivity index (χ0v) is 14.5. The normalized spacial score (nSPS) is 17.8. The first-order valence-electron chi connectivity index (χ1n) is 6.92. The van der Waals surface area contributed by atoms with Gasteiger partial charge in [0.15, 0.2) is 5.78 Å². The van der Waals surface area contributed by atoms with Crippen molar-refractivity contribution in [1.82, 2.24) is 14.7 Å². The Labute approximate surface area is 133 Å². The van der Waals surface area contributed by atoms with Crippen LogP contribution in [0.5, 0.6) is 0 Å². The van der Waals surface area contributed by atoms with E-state index in [0.717, 1.165) is 48.6 Å². The minimum atomic E-state index is 0.230. The number of halogens is 1. The van der Waals surface area contributed by atoms with E-state index < -0.39 is 0 Å². The van der Waals surface area contributed by atoms with E-state index in [0.29, 0.717) is 6.54 Å². The highest BCUT2D eigenvalue weighted by atomic mass is 79.9. The van der Waals surface area contributed by atoms with E-state index in [9.17, 15) is 4.79 Å². The van der Waals surface area contributed by atoms with Crippen LogP contribution in [0.1, 0.15) is 9.67 Å². The molecule has 20 heavy (non-hydrogen) atoms. The summed E-state index contributed by atoms with van der Waals surface area (Å²) in [5.74, 6) is 0.230. The van der Waals surface area contributed by atoms with Crippen LogP contribution in [0.4, 0.5) is 0 Å². The van der Waals surface area contributed by atoms with E-state index in [2.05, 4.69) is 44.7 Å². The molecular formula is C14H22BrN3OS. The third-order valence-electron chi connectivity index (χ3n) is 3.57. The lowest BCUT2D eigenvalue weighted by Crippen LogP contribution is -2.49. The van der Waals surface area contributed by atoms with E-state index in [1.54, 1.807) is 0 Å². The molecule has 0 atom stereocenters. The van der Waals surface area contributed by atoms with Gasteiger partial charge in [-0.15, -0.1) is 11.3 Å². The van der Waals surface area contributed by atoms with E-state index in [-0.39, 0.29) is 5.78 Å². The minimum absolute atomic E-state index is 0.230. The molecule has 4 nitrogen and oxygen atoms in total. The summed E-state index contributed by atoms with van der Waals surface area (Å²) in [7, 11) is 4.21. The van der Waals surface area contributed by atoms with Crippen LogP contribution in [0, 0.1) is 0 Å². The molecule has 0 unspecified atom stereocenters. The van der Waals surface area contributed by atoms with Crippen LogP contribution in [-0.4, -0.2) is 80.4 Å². The average Bonchev–Trinajstić information content (AvgIpc) is 2.84. The Morgan fingerprint density at radius 3 is 2.50 bits per heavy atom. The SMILES string of the molecule is CN(C)CCN1CCN(CC(=O)c2sccc2Br)CC1. The molecule has 0 radical (unpaired) electrons. The fourth-order valence-corrected chi connectivity index (χ4v) is 3.81. The Balaban J connectivity index is 1.74. The Morgan fingerprint density at radius 2 is 1.95 bits per heavy atom. The summed E-state index contributed by atoms with van der Waals surface area (Å²) in [6.45, 7) is 6.86. The second kappa shape index (κ2) is 7.66. The van der Waals surface area contributed by atoms with Gasteiger partial charge in [0.25, 0.3) is 0 Å². The van der Waals surface area contributed by atoms with Gasteiger partial charge in [-0.05, 0) is 41.5 Å². The van der Waals surface area contributed by atoms with Crippen LogP contribution < -0.4 is 0 Å². The molecule has 0 N–H and O–H groups in total. The standard InChI is InChI=1S/C14H22BrN3OS/c1-16(2)4-5-17-6-8-18(9-7-17)11-13(19)14-12(15)3-10-20-14/h3,10H,4-9,11H2,1-2H3. The van der Waals surface area contributed by atoms with Crippen molar-refractivity contribution in [1.29, 1.82) is 0 Å². The molecule has 0 aromatic carbocycles. The van der Waals surface area contributed by atoms with Crippen molar-refractivity contribution in [2.75, 3.05) is 59.9 Å². The van der Waals surface area contributed by atoms with Gasteiger partial charge in [0.05, 0.1) is 11.4 Å². The molecule has 1 aromatic heterocycles. The van der Waals surface area contributed by atoms with Crippen LogP contribution in [0.3, 0.4) is 0 Å². The molecule has 0 aliphatic carbocycles. The summed E-state index contributed by atoms with van der Waals surface area (Å²) in [5, 5.41) is 1.95. The number of hydrogen-bond donors (Lipinski definition) is 0. The van der Waals surface area contributed by atoms with Crippen molar-refractivity contribution in [2.45, 2.75) is 0 Å². The molecule has 6 heteroatoms. The number of rotatable bonds is 6. The Hall–Kier alpha value is -0.270. The molecule has 0 saturated carbocycles. The Bertz CT molecular complexity index is 441. The summed E-state index contributed by atoms with van der Waals surface area (Å²) in [4.78, 5) is 20.0. The highest BCUT2D eigenvalue weighted by Gasteiger charge is 2.20. The predicted octanol–water partition coefficient (Wildman–Crippen LogP) is 1.87. The highest BCUT2D eigenvalue weighted by molar-refractivity contribution is 9.10. The number of nitrogens with zero attached hydrogens (tertiary/aromatic N) is 3. The van der Waals surface area contributed by atoms with Crippen LogP contribution in [0.25, 0.3) is 0 Å². The maximum atomic E-state index is 12.2. The van der Waals surface area contributed by atoms with E-state index >= 15 is 0 Å². The van der Waals surface area contributed by atoms with Gasteiger partial charge in [0.2, 0.25) is 0 Å². The average molecular weight is 360 g/mol. The number of thiophene rings is 1. The predicted molar refractivity (Wildman–Crippen MR) is 87.8 cm³/mol. The molecule has 112 valence electrons. The van der Waals surface area contributed by atoms with Gasteiger partial charge >= 0.3 is 0 Å². The number of carbonyl (C=O) groups is 1. The summed E-state index contributed by atoms with van der Waals surface area (Å²) >= 11 is 4.95. The zero-order chi connectivity index (χ0) is 14.5. The largest absolute Gasteiger partial charge is 0.308 e. The molecule has 0 bridgehead atoms. The third-order valence-corrected chi connectivity index (χ3v) is 5.44. The van der Waals surface area contributed by atoms with Gasteiger partial charge in [-0.3, -0.25) is 14.6 Å². The van der Waals surface area contributed by atoms with Crippen LogP contribution >= 0.6 is 27.3 Å². The lowest BCUT2D eigenvalue weighted by molar-refractivity contribution is 0.0847. The summed E-state index contributed by atoms with van der Waals surface area (Å²) < 4.78 is 0.928. The molecule has 1 aromatic rings. The number of ketones is 1. The zero-order valence-electron chi connectivity index (χ0n) is 12.1. The number of piperazine rings is 1. The van der Waals surface area contributed by atoms with E-state index in [4.69, 9.17) is 0 Å². The van der Waals surface area contributed by atoms with Gasteiger partial charge in [-0.25, -0.2) is 0 Å². The maximum absolute atomic E-state index is 12.2. The highest BCUT2D eigenvalue weighted by Crippen LogP contribution is 2.23. The molecule has 0 spiro atoms. The van der Waals surface area contributed by atoms with Crippen LogP contribution in [0.2, 0.25) is 0 Å². The number of Topliss-reactive ketones (excluding diaryl/α,β-unsaturated/α-hetero) is 1. The first-order valence-corrected chi connectivity index (χ1v) is 8.59. The second-order valence-electron chi connectivity index (χ2n) is 5.44. The first-order chi connectivity index (χ1) is 9.56. The van der Waals surface area contributed by atoms with Gasteiger partial charge in [-0.1, -0.05) is 0 Å². The summed E-state index contributed by atoms with van der Waals surface area (Å²) in [5.41, 5.74) is 0. The lowest BCUT2D eigenvalue weighted by atomic mass is 10.2. The van der Waals surface area contributed by atoms with Gasteiger partial charge in [-0.2, -0.15) is 0 Å². The van der Waals surface area contributed by atoms with Crippen molar-refractivity contribution in [3.8, 4) is 0 Å². The Kier molecular flexibility index (Phi) is 6.17. The van der Waals surface area contributed by atoms with Crippen molar-refractivity contribution < 1.29 is 4.79 Å². The topological polar surface area (TPSA) is 26.8 Å². The summed E-state index contributed by atoms with van der Waals surface area (Å²) in [6, 6.07) is 1.94. The molecule has 1 fully saturated rings. The van der Waals surface area contributed by atoms with Gasteiger partial charge in [0.1, 0.15) is 0 Å². The van der Waals surface area contributed by atoms with Crippen LogP contribution in [0.15, 0.2) is 15.9 Å². The number of likely N-dealkylation sites (N-methyl/N-ethyl adjacent to an activating group) is 1. The molecule has 1 saturated heterocycles. The van der Waals surface area contributed by atoms with E-state index in [1.807, 2.05) is 11.4 Å². The van der Waals surface area contributed by atoms with Gasteiger partial charge < -0.3 is 4.90 Å². The van der Waals surface area contributed by atoms with Crippen molar-refractivity contribution in [3.05, 3.63) is 20.8 Å². The molecule has 0 amide bonds. The monoisotopic (exact) mass is 359 g/mol. The summed E-state index contributed by atoms with van der Waals surface area (Å²) in [6.07, 6.45) is 0. The number of hydrogen-bond acceptors (Lipinski definition) is 5. The lowest BCUT2D eigenvalue weighted by Gasteiger charge is -2.34. The quantitative estimate of drug-likeness (QED) is 0.724. The first kappa shape index (κ1) is 16.1. The molecular weight excluding hydrogens is 338 g/mol. The van der Waals surface area contributed by atoms with Crippen molar-refractivity contribution in [2.24, 2.45) is 0 Å². The smallest absolute Gasteiger partial charge is 0.187 e. The fraction of sp³-hybridized carbons (Fsp3) is 0.643. The molecule has 1 aliphatic heterocycles. The molecule has 2 rings (SSSR count). The van der Waals surface area contributed by atoms with Crippen molar-refractivity contribution in [3.63, 3.8) is 0 Å². The number of carbonyl (C=O) groups excluding carboxylic acids is 1. The van der Waals surface area contributed by atoms with Gasteiger partial charge in [0, 0.05) is 43.7 Å². The minimum Gasteiger partial charge on any atom is -0.308 e. The van der Waals surface area contributed by atoms with Crippen LogP contribution in [-0.2, 0) is 0 Å². The Morgan fingerprint density at radius 1 is 1.30 bits per heavy atom. The third kappa shape index (κ3) is 4.63. The molecule has 2 heterocycles. The van der Waals surface area contributed by atoms with E-state index in [1.165, 1.54) is 11.3 Å². The second-order valence-corrected chi connectivity index (χ2v) is 7.21.